The molecule has 8 heteroatoms. The first-order chi connectivity index (χ1) is 17.9. The number of morpholine rings is 1. The molecule has 1 aromatic rings. The molecule has 3 atom stereocenters. The lowest BCUT2D eigenvalue weighted by atomic mass is 9.86. The highest BCUT2D eigenvalue weighted by molar-refractivity contribution is 5.94. The molecule has 0 radical (unpaired) electrons. The van der Waals surface area contributed by atoms with Crippen LogP contribution in [0.15, 0.2) is 42.0 Å². The third kappa shape index (κ3) is 7.87. The van der Waals surface area contributed by atoms with Gasteiger partial charge >= 0.3 is 0 Å². The van der Waals surface area contributed by atoms with Crippen molar-refractivity contribution in [2.45, 2.75) is 90.6 Å². The molecule has 3 rings (SSSR count). The number of ether oxygens (including phenoxy) is 2. The zero-order valence-electron chi connectivity index (χ0n) is 23.5. The number of hydrogen-bond donors (Lipinski definition) is 1. The molecule has 1 N–H and O–H groups in total. The zero-order chi connectivity index (χ0) is 28.0. The molecule has 1 spiro atoms. The summed E-state index contributed by atoms with van der Waals surface area (Å²) in [5, 5.41) is 9.79. The van der Waals surface area contributed by atoms with Crippen molar-refractivity contribution in [1.29, 1.82) is 0 Å². The molecule has 2 aliphatic heterocycles. The molecular weight excluding hydrogens is 490 g/mol. The average Bonchev–Trinajstić information content (AvgIpc) is 2.83. The number of hydrogen-bond acceptors (Lipinski definition) is 5. The molecule has 1 aromatic carbocycles. The van der Waals surface area contributed by atoms with E-state index < -0.39 is 17.9 Å². The maximum atomic E-state index is 14.1. The van der Waals surface area contributed by atoms with E-state index in [0.717, 1.165) is 11.1 Å². The molecule has 0 aliphatic carbocycles. The van der Waals surface area contributed by atoms with Gasteiger partial charge in [-0.2, -0.15) is 0 Å². The number of rotatable bonds is 10. The number of aliphatic hydroxyl groups excluding tert-OH is 1. The van der Waals surface area contributed by atoms with E-state index in [4.69, 9.17) is 9.47 Å². The van der Waals surface area contributed by atoms with Gasteiger partial charge in [-0.05, 0) is 77.7 Å². The molecule has 0 bridgehead atoms. The summed E-state index contributed by atoms with van der Waals surface area (Å²) in [5.41, 5.74) is 2.23. The number of nitrogens with zero attached hydrogens (tertiary/aromatic N) is 2. The third-order valence-electron chi connectivity index (χ3n) is 7.14. The number of amides is 1. The topological polar surface area (TPSA) is 62.2 Å². The van der Waals surface area contributed by atoms with E-state index in [9.17, 15) is 18.7 Å². The third-order valence-corrected chi connectivity index (χ3v) is 7.14. The fourth-order valence-corrected chi connectivity index (χ4v) is 5.39. The molecule has 6 nitrogen and oxygen atoms in total. The molecule has 2 heterocycles. The standard InChI is InChI=1S/C30H44F2N2O4/c1-20(2)26(9-7-22(5)31)28-17-33(16-23(6)32)19-30(38-28)11-13-34(14-12-30)29(36)24-8-10-27(37-21(3)4)25(15-24)18-35/h8-10,15,21-23,28,35H,1,7,11-14,16-19H2,2-6H3. The fraction of sp³-hybridized carbons (Fsp3) is 0.633. The maximum Gasteiger partial charge on any atom is 0.253 e. The molecule has 2 fully saturated rings. The predicted octanol–water partition coefficient (Wildman–Crippen LogP) is 5.25. The van der Waals surface area contributed by atoms with Gasteiger partial charge in [0.1, 0.15) is 18.1 Å². The first-order valence-corrected chi connectivity index (χ1v) is 13.7. The van der Waals surface area contributed by atoms with Gasteiger partial charge in [-0.3, -0.25) is 9.69 Å². The van der Waals surface area contributed by atoms with Crippen molar-refractivity contribution in [3.8, 4) is 5.75 Å². The lowest BCUT2D eigenvalue weighted by molar-refractivity contribution is -0.162. The van der Waals surface area contributed by atoms with E-state index in [-0.39, 0.29) is 31.1 Å². The van der Waals surface area contributed by atoms with Gasteiger partial charge in [-0.15, -0.1) is 0 Å². The Morgan fingerprint density at radius 2 is 1.92 bits per heavy atom. The quantitative estimate of drug-likeness (QED) is 0.416. The molecule has 3 unspecified atom stereocenters. The van der Waals surface area contributed by atoms with Crippen molar-refractivity contribution in [3.63, 3.8) is 0 Å². The van der Waals surface area contributed by atoms with E-state index in [0.29, 0.717) is 62.4 Å². The largest absolute Gasteiger partial charge is 0.491 e. The Labute approximate surface area is 226 Å². The van der Waals surface area contributed by atoms with E-state index >= 15 is 0 Å². The summed E-state index contributed by atoms with van der Waals surface area (Å²) in [6.45, 7) is 15.0. The van der Waals surface area contributed by atoms with Gasteiger partial charge < -0.3 is 19.5 Å². The number of halogens is 2. The van der Waals surface area contributed by atoms with Crippen LogP contribution in [0.25, 0.3) is 0 Å². The molecule has 2 aliphatic rings. The van der Waals surface area contributed by atoms with Gasteiger partial charge in [0, 0.05) is 43.9 Å². The number of piperidine rings is 1. The van der Waals surface area contributed by atoms with Crippen LogP contribution in [0.5, 0.6) is 5.75 Å². The SMILES string of the molecule is C=C(C)C(=CCC(C)F)C1CN(CC(C)F)CC2(CCN(C(=O)c3ccc(OC(C)C)c(CO)c3)CC2)O1. The lowest BCUT2D eigenvalue weighted by Gasteiger charge is -2.50. The van der Waals surface area contributed by atoms with Crippen molar-refractivity contribution in [2.24, 2.45) is 0 Å². The summed E-state index contributed by atoms with van der Waals surface area (Å²) in [4.78, 5) is 17.2. The molecule has 2 saturated heterocycles. The van der Waals surface area contributed by atoms with Crippen LogP contribution in [0, 0.1) is 0 Å². The minimum Gasteiger partial charge on any atom is -0.491 e. The lowest BCUT2D eigenvalue weighted by Crippen LogP contribution is -2.61. The monoisotopic (exact) mass is 534 g/mol. The van der Waals surface area contributed by atoms with Crippen molar-refractivity contribution in [2.75, 3.05) is 32.7 Å². The van der Waals surface area contributed by atoms with Gasteiger partial charge in [-0.25, -0.2) is 8.78 Å². The average molecular weight is 535 g/mol. The van der Waals surface area contributed by atoms with Crippen LogP contribution in [-0.2, 0) is 11.3 Å². The maximum absolute atomic E-state index is 14.1. The number of aliphatic hydroxyl groups is 1. The Morgan fingerprint density at radius 1 is 1.24 bits per heavy atom. The van der Waals surface area contributed by atoms with Crippen LogP contribution in [0.1, 0.15) is 69.8 Å². The molecule has 0 saturated carbocycles. The number of allylic oxidation sites excluding steroid dienone is 1. The number of alkyl halides is 2. The summed E-state index contributed by atoms with van der Waals surface area (Å²) < 4.78 is 40.1. The van der Waals surface area contributed by atoms with Gasteiger partial charge in [0.15, 0.2) is 0 Å². The van der Waals surface area contributed by atoms with Crippen molar-refractivity contribution >= 4 is 5.91 Å². The van der Waals surface area contributed by atoms with Crippen molar-refractivity contribution in [3.05, 3.63) is 53.1 Å². The Kier molecular flexibility index (Phi) is 10.5. The van der Waals surface area contributed by atoms with Gasteiger partial charge in [0.2, 0.25) is 0 Å². The van der Waals surface area contributed by atoms with Crippen LogP contribution >= 0.6 is 0 Å². The Balaban J connectivity index is 1.76. The Bertz CT molecular complexity index is 1000. The smallest absolute Gasteiger partial charge is 0.253 e. The summed E-state index contributed by atoms with van der Waals surface area (Å²) >= 11 is 0. The Hall–Kier alpha value is -2.29. The van der Waals surface area contributed by atoms with Gasteiger partial charge in [0.25, 0.3) is 5.91 Å². The van der Waals surface area contributed by atoms with Crippen LogP contribution in [0.2, 0.25) is 0 Å². The summed E-state index contributed by atoms with van der Waals surface area (Å²) in [7, 11) is 0. The normalized spacial score (nSPS) is 22.0. The van der Waals surface area contributed by atoms with E-state index in [1.54, 1.807) is 30.0 Å². The first-order valence-electron chi connectivity index (χ1n) is 13.7. The van der Waals surface area contributed by atoms with Gasteiger partial charge in [0.05, 0.1) is 24.4 Å². The summed E-state index contributed by atoms with van der Waals surface area (Å²) in [6.07, 6.45) is 1.01. The minimum atomic E-state index is -0.987. The second-order valence-electron chi connectivity index (χ2n) is 11.2. The van der Waals surface area contributed by atoms with Gasteiger partial charge in [-0.1, -0.05) is 18.2 Å². The van der Waals surface area contributed by atoms with Crippen LogP contribution in [-0.4, -0.2) is 83.7 Å². The number of carbonyl (C=O) groups excluding carboxylic acids is 1. The molecule has 1 amide bonds. The first kappa shape index (κ1) is 30.3. The molecule has 38 heavy (non-hydrogen) atoms. The minimum absolute atomic E-state index is 0.0417. The van der Waals surface area contributed by atoms with Crippen LogP contribution in [0.3, 0.4) is 0 Å². The number of likely N-dealkylation sites (tertiary alicyclic amines) is 1. The van der Waals surface area contributed by atoms with Crippen LogP contribution in [0.4, 0.5) is 8.78 Å². The van der Waals surface area contributed by atoms with E-state index in [1.807, 2.05) is 26.8 Å². The highest BCUT2D eigenvalue weighted by Gasteiger charge is 2.44. The predicted molar refractivity (Wildman–Crippen MR) is 146 cm³/mol. The second kappa shape index (κ2) is 13.2. The zero-order valence-corrected chi connectivity index (χ0v) is 23.5. The number of benzene rings is 1. The summed E-state index contributed by atoms with van der Waals surface area (Å²) in [5.74, 6) is 0.468. The number of carbonyl (C=O) groups is 1. The summed E-state index contributed by atoms with van der Waals surface area (Å²) in [6, 6.07) is 5.16. The molecule has 212 valence electrons. The highest BCUT2D eigenvalue weighted by Crippen LogP contribution is 2.36. The fourth-order valence-electron chi connectivity index (χ4n) is 5.39. The molecule has 0 aromatic heterocycles. The van der Waals surface area contributed by atoms with E-state index in [2.05, 4.69) is 11.5 Å². The highest BCUT2D eigenvalue weighted by atomic mass is 19.1. The Morgan fingerprint density at radius 3 is 2.47 bits per heavy atom. The van der Waals surface area contributed by atoms with Crippen molar-refractivity contribution < 1.29 is 28.2 Å². The van der Waals surface area contributed by atoms with Crippen LogP contribution < -0.4 is 4.74 Å². The molecular formula is C30H44F2N2O4. The second-order valence-corrected chi connectivity index (χ2v) is 11.2. The van der Waals surface area contributed by atoms with Crippen molar-refractivity contribution in [1.82, 2.24) is 9.80 Å². The van der Waals surface area contributed by atoms with E-state index in [1.165, 1.54) is 6.92 Å².